The summed E-state index contributed by atoms with van der Waals surface area (Å²) in [6, 6.07) is 4.31. The highest BCUT2D eigenvalue weighted by atomic mass is 19.1. The predicted octanol–water partition coefficient (Wildman–Crippen LogP) is 3.01. The van der Waals surface area contributed by atoms with Crippen molar-refractivity contribution in [1.82, 2.24) is 9.47 Å². The quantitative estimate of drug-likeness (QED) is 0.889. The van der Waals surface area contributed by atoms with Crippen molar-refractivity contribution in [2.24, 2.45) is 0 Å². The van der Waals surface area contributed by atoms with E-state index in [4.69, 9.17) is 0 Å². The molecule has 144 valence electrons. The lowest BCUT2D eigenvalue weighted by atomic mass is 9.91. The first-order chi connectivity index (χ1) is 12.7. The second-order valence-electron chi connectivity index (χ2n) is 7.62. The van der Waals surface area contributed by atoms with Gasteiger partial charge in [-0.3, -0.25) is 4.79 Å². The molecule has 3 atom stereocenters. The Bertz CT molecular complexity index is 935. The molecule has 2 aromatic rings. The number of aliphatic hydroxyl groups is 1. The lowest BCUT2D eigenvalue weighted by Crippen LogP contribution is -2.37. The van der Waals surface area contributed by atoms with Crippen LogP contribution in [0.4, 0.5) is 13.2 Å². The number of nitrogens with zero attached hydrogens (tertiary/aromatic N) is 2. The van der Waals surface area contributed by atoms with E-state index in [0.717, 1.165) is 5.69 Å². The Morgan fingerprint density at radius 2 is 2.15 bits per heavy atom. The molecular formula is C20H21F3N2O2. The minimum atomic E-state index is -1.52. The van der Waals surface area contributed by atoms with Gasteiger partial charge < -0.3 is 14.6 Å². The van der Waals surface area contributed by atoms with Crippen LogP contribution in [0.15, 0.2) is 24.3 Å². The third-order valence-corrected chi connectivity index (χ3v) is 5.34. The molecular weight excluding hydrogens is 357 g/mol. The van der Waals surface area contributed by atoms with E-state index in [1.807, 2.05) is 4.57 Å². The van der Waals surface area contributed by atoms with Crippen LogP contribution < -0.4 is 0 Å². The highest BCUT2D eigenvalue weighted by molar-refractivity contribution is 5.89. The molecule has 1 saturated heterocycles. The summed E-state index contributed by atoms with van der Waals surface area (Å²) in [5.74, 6) is -1.00. The van der Waals surface area contributed by atoms with Crippen LogP contribution in [0.3, 0.4) is 0 Å². The van der Waals surface area contributed by atoms with Gasteiger partial charge in [-0.25, -0.2) is 13.2 Å². The summed E-state index contributed by atoms with van der Waals surface area (Å²) >= 11 is 0. The number of β-amino-alcohol motifs (C(OH)–C–C–N with tert-alkyl or cyclic N) is 1. The number of carbonyl (C=O) groups excluding carboxylic acids is 1. The second-order valence-corrected chi connectivity index (χ2v) is 7.62. The Morgan fingerprint density at radius 3 is 2.85 bits per heavy atom. The zero-order valence-corrected chi connectivity index (χ0v) is 15.0. The first-order valence-electron chi connectivity index (χ1n) is 9.05. The van der Waals surface area contributed by atoms with Crippen LogP contribution in [-0.4, -0.2) is 51.5 Å². The van der Waals surface area contributed by atoms with E-state index in [1.54, 1.807) is 12.1 Å². The number of aliphatic hydroxyl groups excluding tert-OH is 1. The van der Waals surface area contributed by atoms with Gasteiger partial charge in [-0.1, -0.05) is 0 Å². The average molecular weight is 378 g/mol. The number of hydrogen-bond donors (Lipinski definition) is 1. The molecule has 1 fully saturated rings. The van der Waals surface area contributed by atoms with E-state index in [9.17, 15) is 23.1 Å². The third kappa shape index (κ3) is 3.25. The van der Waals surface area contributed by atoms with Crippen molar-refractivity contribution in [3.05, 3.63) is 41.3 Å². The predicted molar refractivity (Wildman–Crippen MR) is 96.2 cm³/mol. The van der Waals surface area contributed by atoms with Crippen molar-refractivity contribution in [3.63, 3.8) is 0 Å². The number of carbonyl (C=O) groups is 1. The molecule has 0 bridgehead atoms. The van der Waals surface area contributed by atoms with Crippen molar-refractivity contribution in [3.8, 4) is 0 Å². The minimum Gasteiger partial charge on any atom is -0.389 e. The van der Waals surface area contributed by atoms with Crippen LogP contribution in [0.25, 0.3) is 17.0 Å². The Hall–Kier alpha value is -2.28. The zero-order chi connectivity index (χ0) is 19.3. The summed E-state index contributed by atoms with van der Waals surface area (Å²) in [7, 11) is 0. The van der Waals surface area contributed by atoms with Crippen LogP contribution >= 0.6 is 0 Å². The second kappa shape index (κ2) is 6.41. The Balaban J connectivity index is 1.67. The normalized spacial score (nSPS) is 26.0. The van der Waals surface area contributed by atoms with Gasteiger partial charge >= 0.3 is 0 Å². The number of hydrogen-bond acceptors (Lipinski definition) is 2. The van der Waals surface area contributed by atoms with E-state index in [1.165, 1.54) is 30.0 Å². The molecule has 4 nitrogen and oxygen atoms in total. The van der Waals surface area contributed by atoms with Gasteiger partial charge in [0, 0.05) is 42.5 Å². The van der Waals surface area contributed by atoms with E-state index < -0.39 is 29.7 Å². The van der Waals surface area contributed by atoms with Crippen molar-refractivity contribution < 1.29 is 23.1 Å². The molecule has 1 unspecified atom stereocenters. The number of rotatable bonds is 4. The first-order valence-corrected chi connectivity index (χ1v) is 9.05. The summed E-state index contributed by atoms with van der Waals surface area (Å²) in [6.45, 7) is 1.92. The minimum absolute atomic E-state index is 0.0272. The molecule has 1 aliphatic carbocycles. The SMILES string of the molecule is CC1(F)C=Cc2c(c3cc(F)ccc3n2C[C@@H](O)CN2CC[C@@H](F)C2=O)C1. The molecule has 1 aromatic carbocycles. The van der Waals surface area contributed by atoms with Gasteiger partial charge in [0.15, 0.2) is 6.17 Å². The summed E-state index contributed by atoms with van der Waals surface area (Å²) in [6.07, 6.45) is 0.967. The van der Waals surface area contributed by atoms with Crippen molar-refractivity contribution >= 4 is 22.9 Å². The monoisotopic (exact) mass is 378 g/mol. The highest BCUT2D eigenvalue weighted by Crippen LogP contribution is 2.36. The molecule has 1 amide bonds. The molecule has 1 aromatic heterocycles. The summed E-state index contributed by atoms with van der Waals surface area (Å²) < 4.78 is 43.4. The zero-order valence-electron chi connectivity index (χ0n) is 15.0. The van der Waals surface area contributed by atoms with Gasteiger partial charge in [0.1, 0.15) is 11.5 Å². The van der Waals surface area contributed by atoms with Gasteiger partial charge in [0.25, 0.3) is 5.91 Å². The van der Waals surface area contributed by atoms with Crippen LogP contribution in [0, 0.1) is 5.82 Å². The molecule has 7 heteroatoms. The standard InChI is InChI=1S/C20H21F3N2O2/c1-20(23)6-4-18-15(9-20)14-8-12(21)2-3-17(14)25(18)11-13(26)10-24-7-5-16(22)19(24)27/h2-4,6,8,13,16,26H,5,7,9-11H2,1H3/t13-,16+,20?/m0/s1. The van der Waals surface area contributed by atoms with Crippen LogP contribution in [0.5, 0.6) is 0 Å². The molecule has 2 aliphatic rings. The first kappa shape index (κ1) is 18.1. The largest absolute Gasteiger partial charge is 0.389 e. The van der Waals surface area contributed by atoms with Crippen LogP contribution in [0.2, 0.25) is 0 Å². The lowest BCUT2D eigenvalue weighted by molar-refractivity contribution is -0.133. The maximum Gasteiger partial charge on any atom is 0.257 e. The van der Waals surface area contributed by atoms with E-state index in [0.29, 0.717) is 16.5 Å². The molecule has 0 spiro atoms. The smallest absolute Gasteiger partial charge is 0.257 e. The van der Waals surface area contributed by atoms with Gasteiger partial charge in [-0.15, -0.1) is 0 Å². The van der Waals surface area contributed by atoms with Crippen molar-refractivity contribution in [1.29, 1.82) is 0 Å². The number of amides is 1. The molecule has 4 rings (SSSR count). The number of halogens is 3. The summed E-state index contributed by atoms with van der Waals surface area (Å²) in [5.41, 5.74) is 0.597. The number of fused-ring (bicyclic) bond motifs is 3. The van der Waals surface area contributed by atoms with Crippen LogP contribution in [0.1, 0.15) is 24.6 Å². The van der Waals surface area contributed by atoms with Crippen molar-refractivity contribution in [2.75, 3.05) is 13.1 Å². The molecule has 1 aliphatic heterocycles. The van der Waals surface area contributed by atoms with Crippen LogP contribution in [-0.2, 0) is 17.8 Å². The molecule has 1 N–H and O–H groups in total. The van der Waals surface area contributed by atoms with E-state index >= 15 is 0 Å². The molecule has 0 radical (unpaired) electrons. The average Bonchev–Trinajstić information content (AvgIpc) is 3.06. The summed E-state index contributed by atoms with van der Waals surface area (Å²) in [4.78, 5) is 13.1. The number of alkyl halides is 2. The Labute approximate surface area is 154 Å². The molecule has 27 heavy (non-hydrogen) atoms. The van der Waals surface area contributed by atoms with Gasteiger partial charge in [-0.2, -0.15) is 0 Å². The van der Waals surface area contributed by atoms with Gasteiger partial charge in [-0.05, 0) is 42.8 Å². The van der Waals surface area contributed by atoms with E-state index in [-0.39, 0.29) is 32.5 Å². The lowest BCUT2D eigenvalue weighted by Gasteiger charge is -2.23. The maximum atomic E-state index is 14.5. The van der Waals surface area contributed by atoms with Crippen molar-refractivity contribution in [2.45, 2.75) is 44.3 Å². The fourth-order valence-corrected chi connectivity index (χ4v) is 4.05. The third-order valence-electron chi connectivity index (χ3n) is 5.34. The maximum absolute atomic E-state index is 14.5. The fourth-order valence-electron chi connectivity index (χ4n) is 4.05. The summed E-state index contributed by atoms with van der Waals surface area (Å²) in [5, 5.41) is 11.1. The Kier molecular flexibility index (Phi) is 4.29. The number of likely N-dealkylation sites (tertiary alicyclic amines) is 1. The number of allylic oxidation sites excluding steroid dienone is 1. The fraction of sp³-hybridized carbons (Fsp3) is 0.450. The Morgan fingerprint density at radius 1 is 1.37 bits per heavy atom. The highest BCUT2D eigenvalue weighted by Gasteiger charge is 2.33. The number of aromatic nitrogens is 1. The van der Waals surface area contributed by atoms with Gasteiger partial charge in [0.05, 0.1) is 12.6 Å². The molecule has 0 saturated carbocycles. The van der Waals surface area contributed by atoms with E-state index in [2.05, 4.69) is 0 Å². The van der Waals surface area contributed by atoms with Gasteiger partial charge in [0.2, 0.25) is 0 Å². The molecule has 2 heterocycles. The number of benzene rings is 1. The topological polar surface area (TPSA) is 45.5 Å².